The fraction of sp³-hybridized carbons (Fsp3) is 0.586. The highest BCUT2D eigenvalue weighted by Crippen LogP contribution is 2.40. The number of halogens is 4. The van der Waals surface area contributed by atoms with Gasteiger partial charge < -0.3 is 0 Å². The molecular weight excluding hydrogens is 452 g/mol. The van der Waals surface area contributed by atoms with Crippen molar-refractivity contribution in [3.63, 3.8) is 0 Å². The lowest BCUT2D eigenvalue weighted by molar-refractivity contribution is -0.139. The van der Waals surface area contributed by atoms with Crippen LogP contribution in [0.3, 0.4) is 0 Å². The van der Waals surface area contributed by atoms with Crippen molar-refractivity contribution < 1.29 is 17.6 Å². The van der Waals surface area contributed by atoms with Crippen LogP contribution in [0.5, 0.6) is 0 Å². The van der Waals surface area contributed by atoms with Crippen LogP contribution in [-0.2, 0) is 6.18 Å². The Morgan fingerprint density at radius 3 is 1.94 bits per heavy atom. The fourth-order valence-electron chi connectivity index (χ4n) is 6.35. The Labute approximate surface area is 203 Å². The molecule has 0 N–H and O–H groups in total. The van der Waals surface area contributed by atoms with Crippen molar-refractivity contribution in [1.82, 2.24) is 0 Å². The largest absolute Gasteiger partial charge is 0.419 e. The maximum Gasteiger partial charge on any atom is 0.419 e. The topological polar surface area (TPSA) is 0 Å². The van der Waals surface area contributed by atoms with E-state index in [0.29, 0.717) is 11.5 Å². The van der Waals surface area contributed by atoms with Crippen LogP contribution in [0.15, 0.2) is 42.5 Å². The zero-order valence-electron chi connectivity index (χ0n) is 20.3. The fourth-order valence-corrected chi connectivity index (χ4v) is 9.91. The average Bonchev–Trinajstić information content (AvgIpc) is 2.83. The summed E-state index contributed by atoms with van der Waals surface area (Å²) >= 11 is 0. The van der Waals surface area contributed by atoms with Crippen LogP contribution in [0.4, 0.5) is 17.6 Å². The Kier molecular flexibility index (Phi) is 8.55. The number of hydrogen-bond acceptors (Lipinski definition) is 0. The van der Waals surface area contributed by atoms with E-state index < -0.39 is 17.6 Å². The minimum absolute atomic E-state index is 0.367. The van der Waals surface area contributed by atoms with Crippen LogP contribution < -0.4 is 0 Å². The normalized spacial score (nSPS) is 25.9. The van der Waals surface area contributed by atoms with Gasteiger partial charge in [0, 0.05) is 8.80 Å². The minimum atomic E-state index is -4.67. The van der Waals surface area contributed by atoms with Crippen molar-refractivity contribution in [2.45, 2.75) is 94.9 Å². The highest BCUT2D eigenvalue weighted by atomic mass is 28.3. The maximum absolute atomic E-state index is 14.0. The lowest BCUT2D eigenvalue weighted by atomic mass is 9.76. The molecule has 0 nitrogen and oxygen atoms in total. The summed E-state index contributed by atoms with van der Waals surface area (Å²) in [5.41, 5.74) is 1.32. The second-order valence-corrected chi connectivity index (χ2v) is 14.2. The highest BCUT2D eigenvalue weighted by molar-refractivity contribution is 6.58. The van der Waals surface area contributed by atoms with Gasteiger partial charge >= 0.3 is 6.18 Å². The van der Waals surface area contributed by atoms with Crippen molar-refractivity contribution in [3.8, 4) is 11.1 Å². The number of alkyl halides is 3. The van der Waals surface area contributed by atoms with Crippen LogP contribution in [0, 0.1) is 17.7 Å². The molecular formula is C29H38F4Si. The molecule has 1 heterocycles. The van der Waals surface area contributed by atoms with E-state index in [1.165, 1.54) is 69.4 Å². The van der Waals surface area contributed by atoms with Gasteiger partial charge in [0.2, 0.25) is 0 Å². The second kappa shape index (κ2) is 11.4. The minimum Gasteiger partial charge on any atom is -0.206 e. The van der Waals surface area contributed by atoms with Crippen LogP contribution >= 0.6 is 0 Å². The molecule has 0 amide bonds. The predicted molar refractivity (Wildman–Crippen MR) is 135 cm³/mol. The van der Waals surface area contributed by atoms with Gasteiger partial charge in [0.1, 0.15) is 5.82 Å². The van der Waals surface area contributed by atoms with Gasteiger partial charge in [-0.2, -0.15) is 13.2 Å². The Bertz CT molecular complexity index is 905. The molecule has 2 aromatic rings. The van der Waals surface area contributed by atoms with Gasteiger partial charge in [0.05, 0.1) is 5.56 Å². The monoisotopic (exact) mass is 490 g/mol. The van der Waals surface area contributed by atoms with Gasteiger partial charge in [0.25, 0.3) is 0 Å². The number of hydrogen-bond donors (Lipinski definition) is 0. The SMILES string of the molecule is CCC[SiH]1CCC(CCC2CCC(c3ccc(-c4ccc(C(F)(F)F)c(F)c4)cc3)CC2)CC1. The van der Waals surface area contributed by atoms with Crippen LogP contribution in [0.2, 0.25) is 18.1 Å². The molecule has 1 saturated carbocycles. The van der Waals surface area contributed by atoms with E-state index in [-0.39, 0.29) is 8.80 Å². The predicted octanol–water partition coefficient (Wildman–Crippen LogP) is 9.61. The van der Waals surface area contributed by atoms with E-state index in [9.17, 15) is 17.6 Å². The van der Waals surface area contributed by atoms with Crippen molar-refractivity contribution >= 4 is 8.80 Å². The van der Waals surface area contributed by atoms with Crippen LogP contribution in [0.25, 0.3) is 11.1 Å². The molecule has 0 radical (unpaired) electrons. The number of rotatable bonds is 7. The van der Waals surface area contributed by atoms with Gasteiger partial charge in [-0.05, 0) is 72.3 Å². The van der Waals surface area contributed by atoms with Crippen molar-refractivity contribution in [3.05, 3.63) is 59.4 Å². The lowest BCUT2D eigenvalue weighted by Crippen LogP contribution is -2.22. The molecule has 2 aliphatic rings. The van der Waals surface area contributed by atoms with Crippen molar-refractivity contribution in [2.75, 3.05) is 0 Å². The summed E-state index contributed by atoms with van der Waals surface area (Å²) in [6, 6.07) is 15.9. The summed E-state index contributed by atoms with van der Waals surface area (Å²) in [7, 11) is -0.367. The molecule has 0 unspecified atom stereocenters. The van der Waals surface area contributed by atoms with Crippen molar-refractivity contribution in [1.29, 1.82) is 0 Å². The van der Waals surface area contributed by atoms with E-state index in [2.05, 4.69) is 19.1 Å². The molecule has 1 saturated heterocycles. The van der Waals surface area contributed by atoms with E-state index in [0.717, 1.165) is 29.5 Å². The Morgan fingerprint density at radius 1 is 0.794 bits per heavy atom. The average molecular weight is 491 g/mol. The second-order valence-electron chi connectivity index (χ2n) is 10.8. The van der Waals surface area contributed by atoms with E-state index in [4.69, 9.17) is 0 Å². The zero-order chi connectivity index (χ0) is 24.1. The molecule has 186 valence electrons. The third-order valence-corrected chi connectivity index (χ3v) is 12.2. The van der Waals surface area contributed by atoms with Gasteiger partial charge in [-0.15, -0.1) is 0 Å². The summed E-state index contributed by atoms with van der Waals surface area (Å²) in [6.07, 6.45) is 7.60. The summed E-state index contributed by atoms with van der Waals surface area (Å²) < 4.78 is 52.4. The van der Waals surface area contributed by atoms with E-state index in [1.54, 1.807) is 18.1 Å². The van der Waals surface area contributed by atoms with Gasteiger partial charge in [-0.25, -0.2) is 4.39 Å². The number of benzene rings is 2. The summed E-state index contributed by atoms with van der Waals surface area (Å²) in [5, 5.41) is 0. The molecule has 2 aromatic carbocycles. The molecule has 5 heteroatoms. The molecule has 0 bridgehead atoms. The molecule has 1 aliphatic heterocycles. The highest BCUT2D eigenvalue weighted by Gasteiger charge is 2.34. The summed E-state index contributed by atoms with van der Waals surface area (Å²) in [5.74, 6) is 1.20. The van der Waals surface area contributed by atoms with Gasteiger partial charge in [-0.3, -0.25) is 0 Å². The zero-order valence-corrected chi connectivity index (χ0v) is 21.5. The molecule has 4 rings (SSSR count). The third-order valence-electron chi connectivity index (χ3n) is 8.48. The molecule has 0 aromatic heterocycles. The smallest absolute Gasteiger partial charge is 0.206 e. The first-order valence-electron chi connectivity index (χ1n) is 13.3. The quantitative estimate of drug-likeness (QED) is 0.268. The lowest BCUT2D eigenvalue weighted by Gasteiger charge is -2.32. The van der Waals surface area contributed by atoms with E-state index in [1.807, 2.05) is 12.1 Å². The van der Waals surface area contributed by atoms with Crippen LogP contribution in [-0.4, -0.2) is 8.80 Å². The van der Waals surface area contributed by atoms with Gasteiger partial charge in [-0.1, -0.05) is 87.5 Å². The van der Waals surface area contributed by atoms with Gasteiger partial charge in [0.15, 0.2) is 0 Å². The molecule has 0 atom stereocenters. The molecule has 34 heavy (non-hydrogen) atoms. The molecule has 1 aliphatic carbocycles. The first-order chi connectivity index (χ1) is 16.3. The van der Waals surface area contributed by atoms with Crippen LogP contribution in [0.1, 0.15) is 81.8 Å². The first-order valence-corrected chi connectivity index (χ1v) is 15.8. The third kappa shape index (κ3) is 6.53. The molecule has 0 spiro atoms. The Hall–Kier alpha value is -1.62. The Balaban J connectivity index is 1.25. The Morgan fingerprint density at radius 2 is 1.38 bits per heavy atom. The standard InChI is InChI=1S/C29H38F4Si/c1-2-17-34-18-15-22(16-19-34)4-3-21-5-7-23(8-6-21)24-9-11-25(12-10-24)26-13-14-27(28(30)20-26)29(31,32)33/h9-14,20-23,34H,2-8,15-19H2,1H3. The van der Waals surface area contributed by atoms with E-state index >= 15 is 0 Å². The summed E-state index contributed by atoms with van der Waals surface area (Å²) in [6.45, 7) is 2.34. The maximum atomic E-state index is 14.0. The van der Waals surface area contributed by atoms with Crippen molar-refractivity contribution in [2.24, 2.45) is 11.8 Å². The molecule has 2 fully saturated rings. The summed E-state index contributed by atoms with van der Waals surface area (Å²) in [4.78, 5) is 0. The first kappa shape index (κ1) is 25.5.